The molecule has 3 heteroatoms. The summed E-state index contributed by atoms with van der Waals surface area (Å²) in [6.45, 7) is 4.01. The fourth-order valence-electron chi connectivity index (χ4n) is 1.31. The van der Waals surface area contributed by atoms with Crippen molar-refractivity contribution < 1.29 is 9.90 Å². The largest absolute Gasteiger partial charge is 0.478 e. The Morgan fingerprint density at radius 1 is 1.57 bits per heavy atom. The van der Waals surface area contributed by atoms with E-state index in [9.17, 15) is 4.79 Å². The Kier molecular flexibility index (Phi) is 3.42. The highest BCUT2D eigenvalue weighted by atomic mass is 16.4. The van der Waals surface area contributed by atoms with Gasteiger partial charge in [-0.3, -0.25) is 0 Å². The molecule has 1 rings (SSSR count). The molecular weight excluding hydrogens is 178 g/mol. The maximum absolute atomic E-state index is 10.8. The Bertz CT molecular complexity index is 358. The Balaban J connectivity index is 3.16. The number of carboxylic acid groups (broad SMARTS) is 1. The van der Waals surface area contributed by atoms with E-state index in [1.54, 1.807) is 18.2 Å². The minimum absolute atomic E-state index is 0.321. The summed E-state index contributed by atoms with van der Waals surface area (Å²) in [4.78, 5) is 10.8. The van der Waals surface area contributed by atoms with Crippen LogP contribution in [0.4, 0.5) is 0 Å². The van der Waals surface area contributed by atoms with E-state index in [4.69, 9.17) is 10.8 Å². The van der Waals surface area contributed by atoms with E-state index in [1.165, 1.54) is 0 Å². The average Bonchev–Trinajstić information content (AvgIpc) is 2.17. The first-order valence-electron chi connectivity index (χ1n) is 4.35. The van der Waals surface area contributed by atoms with E-state index in [2.05, 4.69) is 6.58 Å². The summed E-state index contributed by atoms with van der Waals surface area (Å²) >= 11 is 0. The van der Waals surface area contributed by atoms with Crippen molar-refractivity contribution in [3.8, 4) is 0 Å². The second-order valence-electron chi connectivity index (χ2n) is 2.99. The van der Waals surface area contributed by atoms with Crippen molar-refractivity contribution in [2.45, 2.75) is 13.0 Å². The predicted octanol–water partition coefficient (Wildman–Crippen LogP) is 1.57. The van der Waals surface area contributed by atoms with E-state index >= 15 is 0 Å². The highest BCUT2D eigenvalue weighted by Crippen LogP contribution is 2.13. The number of hydrogen-bond donors (Lipinski definition) is 2. The molecule has 0 atom stereocenters. The number of hydrogen-bond acceptors (Lipinski definition) is 2. The molecule has 0 aliphatic heterocycles. The molecule has 0 bridgehead atoms. The van der Waals surface area contributed by atoms with Crippen molar-refractivity contribution in [1.29, 1.82) is 0 Å². The molecule has 0 aromatic heterocycles. The molecular formula is C11H13NO2. The smallest absolute Gasteiger partial charge is 0.335 e. The van der Waals surface area contributed by atoms with Gasteiger partial charge in [0.15, 0.2) is 0 Å². The van der Waals surface area contributed by atoms with E-state index < -0.39 is 5.97 Å². The summed E-state index contributed by atoms with van der Waals surface area (Å²) in [5.41, 5.74) is 7.49. The second kappa shape index (κ2) is 4.58. The lowest BCUT2D eigenvalue weighted by molar-refractivity contribution is 0.0696. The maximum atomic E-state index is 10.8. The minimum Gasteiger partial charge on any atom is -0.478 e. The molecule has 0 fully saturated rings. The van der Waals surface area contributed by atoms with Gasteiger partial charge in [0.1, 0.15) is 0 Å². The van der Waals surface area contributed by atoms with Crippen LogP contribution < -0.4 is 5.73 Å². The third kappa shape index (κ3) is 2.20. The molecule has 0 saturated carbocycles. The SMILES string of the molecule is C=CCc1cc(CN)ccc1C(=O)O. The maximum Gasteiger partial charge on any atom is 0.335 e. The molecule has 0 unspecified atom stereocenters. The van der Waals surface area contributed by atoms with Gasteiger partial charge >= 0.3 is 5.97 Å². The molecule has 0 aliphatic carbocycles. The van der Waals surface area contributed by atoms with Gasteiger partial charge in [0, 0.05) is 6.54 Å². The summed E-state index contributed by atoms with van der Waals surface area (Å²) in [7, 11) is 0. The summed E-state index contributed by atoms with van der Waals surface area (Å²) < 4.78 is 0. The van der Waals surface area contributed by atoms with Crippen LogP contribution in [0.1, 0.15) is 21.5 Å². The van der Waals surface area contributed by atoms with Crippen LogP contribution in [-0.2, 0) is 13.0 Å². The van der Waals surface area contributed by atoms with Crippen LogP contribution in [0.3, 0.4) is 0 Å². The van der Waals surface area contributed by atoms with Crippen molar-refractivity contribution in [2.24, 2.45) is 5.73 Å². The molecule has 0 amide bonds. The molecule has 3 nitrogen and oxygen atoms in total. The van der Waals surface area contributed by atoms with Gasteiger partial charge in [0.2, 0.25) is 0 Å². The molecule has 0 heterocycles. The van der Waals surface area contributed by atoms with Gasteiger partial charge < -0.3 is 10.8 Å². The van der Waals surface area contributed by atoms with Gasteiger partial charge in [-0.1, -0.05) is 18.2 Å². The number of rotatable bonds is 4. The van der Waals surface area contributed by atoms with E-state index in [0.717, 1.165) is 11.1 Å². The fourth-order valence-corrected chi connectivity index (χ4v) is 1.31. The van der Waals surface area contributed by atoms with Crippen LogP contribution in [0, 0.1) is 0 Å². The first-order valence-corrected chi connectivity index (χ1v) is 4.35. The van der Waals surface area contributed by atoms with Gasteiger partial charge in [0.05, 0.1) is 5.56 Å². The molecule has 14 heavy (non-hydrogen) atoms. The van der Waals surface area contributed by atoms with E-state index in [-0.39, 0.29) is 0 Å². The van der Waals surface area contributed by atoms with E-state index in [0.29, 0.717) is 18.5 Å². The van der Waals surface area contributed by atoms with Crippen LogP contribution >= 0.6 is 0 Å². The fraction of sp³-hybridized carbons (Fsp3) is 0.182. The van der Waals surface area contributed by atoms with Gasteiger partial charge in [-0.25, -0.2) is 4.79 Å². The molecule has 1 aromatic rings. The molecule has 3 N–H and O–H groups in total. The lowest BCUT2D eigenvalue weighted by Gasteiger charge is -2.05. The second-order valence-corrected chi connectivity index (χ2v) is 2.99. The lowest BCUT2D eigenvalue weighted by Crippen LogP contribution is -2.04. The van der Waals surface area contributed by atoms with Gasteiger partial charge in [-0.15, -0.1) is 6.58 Å². The van der Waals surface area contributed by atoms with Gasteiger partial charge in [0.25, 0.3) is 0 Å². The van der Waals surface area contributed by atoms with Gasteiger partial charge in [-0.2, -0.15) is 0 Å². The molecule has 0 radical (unpaired) electrons. The molecule has 0 aliphatic rings. The lowest BCUT2D eigenvalue weighted by atomic mass is 10.0. The summed E-state index contributed by atoms with van der Waals surface area (Å²) in [6, 6.07) is 5.13. The van der Waals surface area contributed by atoms with Crippen molar-refractivity contribution in [3.05, 3.63) is 47.5 Å². The molecule has 0 saturated heterocycles. The quantitative estimate of drug-likeness (QED) is 0.710. The van der Waals surface area contributed by atoms with Crippen molar-refractivity contribution in [2.75, 3.05) is 0 Å². The Labute approximate surface area is 82.9 Å². The number of benzene rings is 1. The zero-order valence-corrected chi connectivity index (χ0v) is 7.86. The molecule has 74 valence electrons. The van der Waals surface area contributed by atoms with Crippen LogP contribution in [-0.4, -0.2) is 11.1 Å². The zero-order chi connectivity index (χ0) is 10.6. The van der Waals surface area contributed by atoms with E-state index in [1.807, 2.05) is 6.07 Å². The van der Waals surface area contributed by atoms with Crippen LogP contribution in [0.25, 0.3) is 0 Å². The zero-order valence-electron chi connectivity index (χ0n) is 7.86. The highest BCUT2D eigenvalue weighted by molar-refractivity contribution is 5.89. The normalized spacial score (nSPS) is 9.79. The number of carbonyl (C=O) groups is 1. The monoisotopic (exact) mass is 191 g/mol. The highest BCUT2D eigenvalue weighted by Gasteiger charge is 2.08. The average molecular weight is 191 g/mol. The van der Waals surface area contributed by atoms with Crippen molar-refractivity contribution in [1.82, 2.24) is 0 Å². The predicted molar refractivity (Wildman–Crippen MR) is 55.2 cm³/mol. The first kappa shape index (κ1) is 10.5. The first-order chi connectivity index (χ1) is 6.69. The van der Waals surface area contributed by atoms with Crippen LogP contribution in [0.2, 0.25) is 0 Å². The van der Waals surface area contributed by atoms with Gasteiger partial charge in [-0.05, 0) is 23.6 Å². The van der Waals surface area contributed by atoms with Crippen molar-refractivity contribution >= 4 is 5.97 Å². The third-order valence-corrected chi connectivity index (χ3v) is 2.00. The molecule has 1 aromatic carbocycles. The topological polar surface area (TPSA) is 63.3 Å². The van der Waals surface area contributed by atoms with Crippen molar-refractivity contribution in [3.63, 3.8) is 0 Å². The molecule has 0 spiro atoms. The number of nitrogens with two attached hydrogens (primary N) is 1. The Morgan fingerprint density at radius 3 is 2.79 bits per heavy atom. The van der Waals surface area contributed by atoms with Crippen LogP contribution in [0.5, 0.6) is 0 Å². The summed E-state index contributed by atoms with van der Waals surface area (Å²) in [5, 5.41) is 8.89. The standard InChI is InChI=1S/C11H13NO2/c1-2-3-9-6-8(7-12)4-5-10(9)11(13)14/h2,4-6H,1,3,7,12H2,(H,13,14). The third-order valence-electron chi connectivity index (χ3n) is 2.00. The van der Waals surface area contributed by atoms with Crippen LogP contribution in [0.15, 0.2) is 30.9 Å². The Morgan fingerprint density at radius 2 is 2.29 bits per heavy atom. The number of carboxylic acids is 1. The number of aromatic carboxylic acids is 1. The Hall–Kier alpha value is -1.61. The summed E-state index contributed by atoms with van der Waals surface area (Å²) in [6.07, 6.45) is 2.23. The minimum atomic E-state index is -0.912. The summed E-state index contributed by atoms with van der Waals surface area (Å²) in [5.74, 6) is -0.912. The number of allylic oxidation sites excluding steroid dienone is 1.